The van der Waals surface area contributed by atoms with E-state index in [0.717, 1.165) is 24.2 Å². The van der Waals surface area contributed by atoms with Crippen molar-refractivity contribution < 1.29 is 4.74 Å². The molecule has 1 fully saturated rings. The van der Waals surface area contributed by atoms with Gasteiger partial charge in [0.25, 0.3) is 0 Å². The van der Waals surface area contributed by atoms with E-state index in [1.165, 1.54) is 11.1 Å². The van der Waals surface area contributed by atoms with E-state index in [1.807, 2.05) is 13.8 Å². The highest BCUT2D eigenvalue weighted by Crippen LogP contribution is 2.40. The lowest BCUT2D eigenvalue weighted by Gasteiger charge is -2.39. The van der Waals surface area contributed by atoms with Crippen molar-refractivity contribution in [1.82, 2.24) is 5.32 Å². The molecular weight excluding hydrogens is 254 g/mol. The minimum atomic E-state index is 0.00995. The van der Waals surface area contributed by atoms with Gasteiger partial charge in [-0.15, -0.1) is 0 Å². The van der Waals surface area contributed by atoms with Crippen LogP contribution in [0.15, 0.2) is 22.7 Å². The Bertz CT molecular complexity index is 361. The van der Waals surface area contributed by atoms with Crippen LogP contribution < -0.4 is 5.32 Å². The Morgan fingerprint density at radius 2 is 2.07 bits per heavy atom. The van der Waals surface area contributed by atoms with Gasteiger partial charge < -0.3 is 10.1 Å². The van der Waals surface area contributed by atoms with E-state index >= 15 is 0 Å². The van der Waals surface area contributed by atoms with Crippen LogP contribution in [0.5, 0.6) is 0 Å². The Balaban J connectivity index is 0.000000404. The summed E-state index contributed by atoms with van der Waals surface area (Å²) in [4.78, 5) is 0. The summed E-state index contributed by atoms with van der Waals surface area (Å²) >= 11 is 3.47. The van der Waals surface area contributed by atoms with Gasteiger partial charge in [-0.05, 0) is 23.3 Å². The molecule has 0 amide bonds. The van der Waals surface area contributed by atoms with Crippen molar-refractivity contribution in [1.29, 1.82) is 0 Å². The lowest BCUT2D eigenvalue weighted by atomic mass is 9.87. The van der Waals surface area contributed by atoms with Gasteiger partial charge in [0.2, 0.25) is 0 Å². The van der Waals surface area contributed by atoms with E-state index in [9.17, 15) is 0 Å². The van der Waals surface area contributed by atoms with Gasteiger partial charge in [-0.1, -0.05) is 35.8 Å². The number of benzene rings is 1. The van der Waals surface area contributed by atoms with Crippen LogP contribution in [0.4, 0.5) is 0 Å². The van der Waals surface area contributed by atoms with E-state index in [-0.39, 0.29) is 5.60 Å². The Labute approximate surface area is 99.1 Å². The van der Waals surface area contributed by atoms with E-state index in [4.69, 9.17) is 4.74 Å². The summed E-state index contributed by atoms with van der Waals surface area (Å²) in [6.07, 6.45) is 0. The number of halogens is 1. The number of fused-ring (bicyclic) bond motifs is 2. The average Bonchev–Trinajstić information content (AvgIpc) is 2.58. The highest BCUT2D eigenvalue weighted by Gasteiger charge is 2.45. The van der Waals surface area contributed by atoms with E-state index in [0.29, 0.717) is 0 Å². The molecule has 0 aromatic heterocycles. The molecule has 2 nitrogen and oxygen atoms in total. The summed E-state index contributed by atoms with van der Waals surface area (Å²) in [6, 6.07) is 6.42. The van der Waals surface area contributed by atoms with Gasteiger partial charge in [-0.3, -0.25) is 0 Å². The quantitative estimate of drug-likeness (QED) is 0.782. The molecule has 1 aromatic carbocycles. The molecule has 3 heteroatoms. The fraction of sp³-hybridized carbons (Fsp3) is 0.500. The molecule has 2 aliphatic heterocycles. The first-order valence-corrected chi connectivity index (χ1v) is 6.23. The molecule has 2 aliphatic rings. The standard InChI is InChI=1S/C10H10BrNO.C2H6/c11-8-1-2-9-7(3-8)4-13-10(9)5-12-6-10;1-2/h1-3,12H,4-6H2;1-2H3. The number of hydrogen-bond acceptors (Lipinski definition) is 2. The van der Waals surface area contributed by atoms with Crippen LogP contribution in [-0.4, -0.2) is 13.1 Å². The molecule has 1 aromatic rings. The zero-order chi connectivity index (χ0) is 10.9. The molecule has 1 saturated heterocycles. The molecule has 1 N–H and O–H groups in total. The molecule has 0 bridgehead atoms. The maximum absolute atomic E-state index is 5.82. The maximum Gasteiger partial charge on any atom is 0.119 e. The topological polar surface area (TPSA) is 21.3 Å². The summed E-state index contributed by atoms with van der Waals surface area (Å²) in [7, 11) is 0. The minimum Gasteiger partial charge on any atom is -0.363 e. The smallest absolute Gasteiger partial charge is 0.119 e. The van der Waals surface area contributed by atoms with Crippen LogP contribution in [0.2, 0.25) is 0 Å². The first-order valence-electron chi connectivity index (χ1n) is 5.44. The molecule has 0 aliphatic carbocycles. The van der Waals surface area contributed by atoms with Crippen LogP contribution in [-0.2, 0) is 16.9 Å². The third-order valence-electron chi connectivity index (χ3n) is 2.88. The van der Waals surface area contributed by atoms with Gasteiger partial charge in [-0.2, -0.15) is 0 Å². The Kier molecular flexibility index (Phi) is 3.14. The lowest BCUT2D eigenvalue weighted by Crippen LogP contribution is -2.56. The summed E-state index contributed by atoms with van der Waals surface area (Å²) < 4.78 is 6.96. The molecule has 82 valence electrons. The van der Waals surface area contributed by atoms with E-state index in [2.05, 4.69) is 39.4 Å². The third kappa shape index (κ3) is 1.73. The zero-order valence-electron chi connectivity index (χ0n) is 9.14. The summed E-state index contributed by atoms with van der Waals surface area (Å²) in [5.41, 5.74) is 2.71. The normalized spacial score (nSPS) is 20.2. The van der Waals surface area contributed by atoms with Gasteiger partial charge in [0, 0.05) is 17.6 Å². The second-order valence-electron chi connectivity index (χ2n) is 3.69. The first-order chi connectivity index (χ1) is 7.30. The maximum atomic E-state index is 5.82. The molecule has 2 heterocycles. The highest BCUT2D eigenvalue weighted by atomic mass is 79.9. The number of nitrogens with one attached hydrogen (secondary N) is 1. The highest BCUT2D eigenvalue weighted by molar-refractivity contribution is 9.10. The Hall–Kier alpha value is -0.380. The van der Waals surface area contributed by atoms with Crippen LogP contribution in [0, 0.1) is 0 Å². The molecule has 1 spiro atoms. The largest absolute Gasteiger partial charge is 0.363 e. The molecule has 0 saturated carbocycles. The Morgan fingerprint density at radius 1 is 1.33 bits per heavy atom. The van der Waals surface area contributed by atoms with Gasteiger partial charge in [0.15, 0.2) is 0 Å². The van der Waals surface area contributed by atoms with Crippen molar-refractivity contribution in [2.24, 2.45) is 0 Å². The fourth-order valence-electron chi connectivity index (χ4n) is 2.06. The fourth-order valence-corrected chi connectivity index (χ4v) is 2.47. The molecule has 0 atom stereocenters. The molecule has 3 rings (SSSR count). The van der Waals surface area contributed by atoms with E-state index < -0.39 is 0 Å². The van der Waals surface area contributed by atoms with Gasteiger partial charge in [0.1, 0.15) is 5.60 Å². The van der Waals surface area contributed by atoms with Crippen molar-refractivity contribution in [3.63, 3.8) is 0 Å². The zero-order valence-corrected chi connectivity index (χ0v) is 10.7. The number of hydrogen-bond donors (Lipinski definition) is 1. The predicted molar refractivity (Wildman–Crippen MR) is 64.8 cm³/mol. The molecule has 15 heavy (non-hydrogen) atoms. The summed E-state index contributed by atoms with van der Waals surface area (Å²) in [6.45, 7) is 6.68. The van der Waals surface area contributed by atoms with Crippen LogP contribution in [0.25, 0.3) is 0 Å². The van der Waals surface area contributed by atoms with Crippen molar-refractivity contribution in [2.75, 3.05) is 13.1 Å². The van der Waals surface area contributed by atoms with Crippen molar-refractivity contribution >= 4 is 15.9 Å². The molecular formula is C12H16BrNO. The van der Waals surface area contributed by atoms with E-state index in [1.54, 1.807) is 0 Å². The summed E-state index contributed by atoms with van der Waals surface area (Å²) in [5.74, 6) is 0. The second-order valence-corrected chi connectivity index (χ2v) is 4.60. The molecule has 0 unspecified atom stereocenters. The van der Waals surface area contributed by atoms with Crippen molar-refractivity contribution in [3.8, 4) is 0 Å². The monoisotopic (exact) mass is 269 g/mol. The average molecular weight is 270 g/mol. The van der Waals surface area contributed by atoms with Gasteiger partial charge >= 0.3 is 0 Å². The number of ether oxygens (including phenoxy) is 1. The minimum absolute atomic E-state index is 0.00995. The van der Waals surface area contributed by atoms with Crippen LogP contribution >= 0.6 is 15.9 Å². The van der Waals surface area contributed by atoms with Gasteiger partial charge in [-0.25, -0.2) is 0 Å². The summed E-state index contributed by atoms with van der Waals surface area (Å²) in [5, 5.41) is 3.26. The lowest BCUT2D eigenvalue weighted by molar-refractivity contribution is -0.0746. The van der Waals surface area contributed by atoms with Crippen LogP contribution in [0.1, 0.15) is 25.0 Å². The van der Waals surface area contributed by atoms with Gasteiger partial charge in [0.05, 0.1) is 6.61 Å². The first kappa shape index (κ1) is 11.1. The second kappa shape index (κ2) is 4.24. The van der Waals surface area contributed by atoms with Crippen molar-refractivity contribution in [3.05, 3.63) is 33.8 Å². The molecule has 0 radical (unpaired) electrons. The third-order valence-corrected chi connectivity index (χ3v) is 3.38. The predicted octanol–water partition coefficient (Wildman–Crippen LogP) is 2.80. The SMILES string of the molecule is Brc1ccc2c(c1)COC21CNC1.CC. The van der Waals surface area contributed by atoms with Crippen molar-refractivity contribution in [2.45, 2.75) is 26.1 Å². The number of rotatable bonds is 0. The van der Waals surface area contributed by atoms with Crippen LogP contribution in [0.3, 0.4) is 0 Å². The Morgan fingerprint density at radius 3 is 2.67 bits per heavy atom.